The maximum absolute atomic E-state index is 12.8. The van der Waals surface area contributed by atoms with Gasteiger partial charge in [0.2, 0.25) is 0 Å². The van der Waals surface area contributed by atoms with Crippen LogP contribution < -0.4 is 5.32 Å². The summed E-state index contributed by atoms with van der Waals surface area (Å²) in [5.74, 6) is -0.786. The molecule has 1 atom stereocenters. The van der Waals surface area contributed by atoms with Crippen LogP contribution in [0.3, 0.4) is 0 Å². The number of Topliss-reactive ketones (excluding diaryl/α,β-unsaturated/α-hetero) is 1. The van der Waals surface area contributed by atoms with Gasteiger partial charge in [0.1, 0.15) is 5.54 Å². The minimum Gasteiger partial charge on any atom is -0.319 e. The molecule has 1 aromatic carbocycles. The second kappa shape index (κ2) is 6.15. The molecule has 1 aromatic heterocycles. The average Bonchev–Trinajstić information content (AvgIpc) is 3.13. The molecule has 3 rings (SSSR count). The predicted octanol–water partition coefficient (Wildman–Crippen LogP) is 2.58. The second-order valence-corrected chi connectivity index (χ2v) is 7.26. The van der Waals surface area contributed by atoms with Crippen molar-refractivity contribution in [2.45, 2.75) is 19.4 Å². The van der Waals surface area contributed by atoms with E-state index in [0.717, 1.165) is 9.78 Å². The van der Waals surface area contributed by atoms with Gasteiger partial charge in [-0.3, -0.25) is 14.5 Å². The fourth-order valence-corrected chi connectivity index (χ4v) is 3.54. The van der Waals surface area contributed by atoms with Crippen molar-refractivity contribution in [2.24, 2.45) is 0 Å². The third kappa shape index (κ3) is 2.92. The van der Waals surface area contributed by atoms with Gasteiger partial charge < -0.3 is 5.32 Å². The zero-order chi connectivity index (χ0) is 18.2. The molecule has 1 aliphatic heterocycles. The third-order valence-electron chi connectivity index (χ3n) is 4.16. The van der Waals surface area contributed by atoms with Gasteiger partial charge in [-0.2, -0.15) is 5.26 Å². The van der Waals surface area contributed by atoms with Crippen LogP contribution in [0, 0.1) is 18.3 Å². The number of aryl methyl sites for hydroxylation is 1. The van der Waals surface area contributed by atoms with E-state index in [-0.39, 0.29) is 12.3 Å². The van der Waals surface area contributed by atoms with E-state index >= 15 is 0 Å². The number of nitrogens with zero attached hydrogens (tertiary/aromatic N) is 2. The van der Waals surface area contributed by atoms with E-state index in [4.69, 9.17) is 5.26 Å². The van der Waals surface area contributed by atoms with Gasteiger partial charge in [0.25, 0.3) is 5.91 Å². The number of ketones is 1. The highest BCUT2D eigenvalue weighted by atomic mass is 32.1. The van der Waals surface area contributed by atoms with Crippen molar-refractivity contribution in [3.05, 3.63) is 57.3 Å². The van der Waals surface area contributed by atoms with Crippen LogP contribution >= 0.6 is 11.3 Å². The van der Waals surface area contributed by atoms with Gasteiger partial charge in [0.15, 0.2) is 5.78 Å². The first-order valence-electron chi connectivity index (χ1n) is 7.59. The summed E-state index contributed by atoms with van der Waals surface area (Å²) in [4.78, 5) is 39.9. The van der Waals surface area contributed by atoms with Gasteiger partial charge in [-0.25, -0.2) is 4.79 Å². The Morgan fingerprint density at radius 2 is 2.08 bits per heavy atom. The number of carbonyl (C=O) groups excluding carboxylic acids is 3. The standard InChI is InChI=1S/C18H15N3O3S/c1-11-6-7-15(25-11)14(22)10-21-16(23)18(2,20-17(21)24)13-5-3-4-12(8-13)9-19/h3-8H,10H2,1-2H3,(H,20,24). The van der Waals surface area contributed by atoms with Gasteiger partial charge in [-0.1, -0.05) is 12.1 Å². The molecule has 7 heteroatoms. The zero-order valence-electron chi connectivity index (χ0n) is 13.7. The Morgan fingerprint density at radius 3 is 2.72 bits per heavy atom. The lowest BCUT2D eigenvalue weighted by Crippen LogP contribution is -2.41. The quantitative estimate of drug-likeness (QED) is 0.676. The predicted molar refractivity (Wildman–Crippen MR) is 92.1 cm³/mol. The van der Waals surface area contributed by atoms with E-state index in [1.54, 1.807) is 37.3 Å². The molecule has 0 aliphatic carbocycles. The maximum atomic E-state index is 12.8. The smallest absolute Gasteiger partial charge is 0.319 e. The van der Waals surface area contributed by atoms with Crippen LogP contribution in [0.15, 0.2) is 36.4 Å². The van der Waals surface area contributed by atoms with Crippen molar-refractivity contribution in [3.8, 4) is 6.07 Å². The normalized spacial score (nSPS) is 19.6. The van der Waals surface area contributed by atoms with E-state index in [0.29, 0.717) is 16.0 Å². The summed E-state index contributed by atoms with van der Waals surface area (Å²) in [6, 6.07) is 11.4. The monoisotopic (exact) mass is 353 g/mol. The Bertz CT molecular complexity index is 928. The molecule has 1 N–H and O–H groups in total. The molecular weight excluding hydrogens is 338 g/mol. The van der Waals surface area contributed by atoms with Crippen LogP contribution in [-0.2, 0) is 10.3 Å². The van der Waals surface area contributed by atoms with Gasteiger partial charge in [-0.05, 0) is 43.7 Å². The number of amides is 3. The van der Waals surface area contributed by atoms with Crippen molar-refractivity contribution in [3.63, 3.8) is 0 Å². The van der Waals surface area contributed by atoms with Crippen LogP contribution in [0.5, 0.6) is 0 Å². The van der Waals surface area contributed by atoms with Crippen molar-refractivity contribution in [1.29, 1.82) is 5.26 Å². The molecular formula is C18H15N3O3S. The molecule has 0 saturated carbocycles. The molecule has 2 heterocycles. The molecule has 1 saturated heterocycles. The highest BCUT2D eigenvalue weighted by molar-refractivity contribution is 7.14. The number of hydrogen-bond donors (Lipinski definition) is 1. The van der Waals surface area contributed by atoms with Gasteiger partial charge in [-0.15, -0.1) is 11.3 Å². The highest BCUT2D eigenvalue weighted by Gasteiger charge is 2.49. The zero-order valence-corrected chi connectivity index (χ0v) is 14.5. The van der Waals surface area contributed by atoms with Crippen molar-refractivity contribution < 1.29 is 14.4 Å². The fraction of sp³-hybridized carbons (Fsp3) is 0.222. The lowest BCUT2D eigenvalue weighted by Gasteiger charge is -2.22. The Morgan fingerprint density at radius 1 is 1.32 bits per heavy atom. The lowest BCUT2D eigenvalue weighted by molar-refractivity contribution is -0.130. The molecule has 1 aliphatic rings. The van der Waals surface area contributed by atoms with E-state index in [9.17, 15) is 14.4 Å². The Labute approximate surface area is 148 Å². The summed E-state index contributed by atoms with van der Waals surface area (Å²) in [6.07, 6.45) is 0. The molecule has 6 nitrogen and oxygen atoms in total. The van der Waals surface area contributed by atoms with Crippen LogP contribution in [-0.4, -0.2) is 29.2 Å². The molecule has 25 heavy (non-hydrogen) atoms. The molecule has 1 fully saturated rings. The first-order valence-corrected chi connectivity index (χ1v) is 8.41. The Hall–Kier alpha value is -2.98. The summed E-state index contributed by atoms with van der Waals surface area (Å²) in [6.45, 7) is 3.15. The molecule has 1 unspecified atom stereocenters. The van der Waals surface area contributed by atoms with E-state index in [1.807, 2.05) is 19.1 Å². The van der Waals surface area contributed by atoms with E-state index < -0.39 is 17.5 Å². The summed E-state index contributed by atoms with van der Waals surface area (Å²) in [5.41, 5.74) is -0.397. The lowest BCUT2D eigenvalue weighted by atomic mass is 9.91. The first-order chi connectivity index (χ1) is 11.8. The number of nitriles is 1. The number of rotatable bonds is 4. The van der Waals surface area contributed by atoms with E-state index in [1.165, 1.54) is 11.3 Å². The number of carbonyl (C=O) groups is 3. The number of imide groups is 1. The van der Waals surface area contributed by atoms with Crippen LogP contribution in [0.1, 0.15) is 32.6 Å². The SMILES string of the molecule is Cc1ccc(C(=O)CN2C(=O)NC(C)(c3cccc(C#N)c3)C2=O)s1. The largest absolute Gasteiger partial charge is 0.325 e. The maximum Gasteiger partial charge on any atom is 0.325 e. The number of nitrogens with one attached hydrogen (secondary N) is 1. The van der Waals surface area contributed by atoms with Crippen molar-refractivity contribution in [1.82, 2.24) is 10.2 Å². The first kappa shape index (κ1) is 16.9. The molecule has 0 radical (unpaired) electrons. The molecule has 2 aromatic rings. The number of thiophene rings is 1. The van der Waals surface area contributed by atoms with Crippen molar-refractivity contribution >= 4 is 29.1 Å². The van der Waals surface area contributed by atoms with Gasteiger partial charge in [0, 0.05) is 4.88 Å². The minimum atomic E-state index is -1.30. The van der Waals surface area contributed by atoms with Gasteiger partial charge >= 0.3 is 6.03 Å². The number of benzene rings is 1. The van der Waals surface area contributed by atoms with Crippen molar-refractivity contribution in [2.75, 3.05) is 6.54 Å². The summed E-state index contributed by atoms with van der Waals surface area (Å²) in [7, 11) is 0. The van der Waals surface area contributed by atoms with Gasteiger partial charge in [0.05, 0.1) is 23.1 Å². The Kier molecular flexibility index (Phi) is 4.15. The van der Waals surface area contributed by atoms with Crippen LogP contribution in [0.2, 0.25) is 0 Å². The molecule has 0 spiro atoms. The number of urea groups is 1. The summed E-state index contributed by atoms with van der Waals surface area (Å²) in [5, 5.41) is 11.7. The fourth-order valence-electron chi connectivity index (χ4n) is 2.74. The second-order valence-electron chi connectivity index (χ2n) is 5.97. The molecule has 3 amide bonds. The number of hydrogen-bond acceptors (Lipinski definition) is 5. The molecule has 0 bridgehead atoms. The van der Waals surface area contributed by atoms with E-state index in [2.05, 4.69) is 5.32 Å². The summed E-state index contributed by atoms with van der Waals surface area (Å²) < 4.78 is 0. The topological polar surface area (TPSA) is 90.3 Å². The molecule has 126 valence electrons. The average molecular weight is 353 g/mol. The Balaban J connectivity index is 1.86. The third-order valence-corrected chi connectivity index (χ3v) is 5.20. The van der Waals surface area contributed by atoms with Crippen LogP contribution in [0.25, 0.3) is 0 Å². The van der Waals surface area contributed by atoms with Crippen LogP contribution in [0.4, 0.5) is 4.79 Å². The minimum absolute atomic E-state index is 0.281. The highest BCUT2D eigenvalue weighted by Crippen LogP contribution is 2.29. The summed E-state index contributed by atoms with van der Waals surface area (Å²) >= 11 is 1.33.